The van der Waals surface area contributed by atoms with Crippen molar-refractivity contribution < 1.29 is 23.5 Å². The molecule has 0 atom stereocenters. The summed E-state index contributed by atoms with van der Waals surface area (Å²) < 4.78 is 17.6. The van der Waals surface area contributed by atoms with Gasteiger partial charge in [-0.1, -0.05) is 18.2 Å². The number of amides is 2. The Morgan fingerprint density at radius 1 is 0.960 bits per heavy atom. The number of para-hydroxylation sites is 1. The van der Waals surface area contributed by atoms with E-state index in [2.05, 4.69) is 10.6 Å². The molecule has 0 aromatic heterocycles. The summed E-state index contributed by atoms with van der Waals surface area (Å²) in [6.07, 6.45) is -0.0705. The molecular formula is C18H17FN2O4. The highest BCUT2D eigenvalue weighted by molar-refractivity contribution is 5.97. The van der Waals surface area contributed by atoms with Gasteiger partial charge in [-0.25, -0.2) is 9.18 Å². The number of ether oxygens (including phenoxy) is 1. The van der Waals surface area contributed by atoms with E-state index < -0.39 is 30.2 Å². The first kappa shape index (κ1) is 18.1. The quantitative estimate of drug-likeness (QED) is 0.597. The number of rotatable bonds is 7. The number of halogens is 1. The predicted octanol–water partition coefficient (Wildman–Crippen LogP) is 2.76. The summed E-state index contributed by atoms with van der Waals surface area (Å²) in [7, 11) is 0. The smallest absolute Gasteiger partial charge is 0.319 e. The summed E-state index contributed by atoms with van der Waals surface area (Å²) in [5.74, 6) is -1.49. The molecule has 2 amide bonds. The summed E-state index contributed by atoms with van der Waals surface area (Å²) in [6.45, 7) is -0.358. The van der Waals surface area contributed by atoms with Crippen molar-refractivity contribution in [1.29, 1.82) is 0 Å². The molecule has 2 N–H and O–H groups in total. The van der Waals surface area contributed by atoms with Crippen molar-refractivity contribution in [2.45, 2.75) is 6.42 Å². The van der Waals surface area contributed by atoms with Gasteiger partial charge in [0.05, 0.1) is 6.42 Å². The van der Waals surface area contributed by atoms with Crippen molar-refractivity contribution in [2.75, 3.05) is 18.5 Å². The average molecular weight is 344 g/mol. The Kier molecular flexibility index (Phi) is 6.65. The first-order valence-corrected chi connectivity index (χ1v) is 7.59. The molecule has 0 aliphatic rings. The second-order valence-electron chi connectivity index (χ2n) is 5.09. The van der Waals surface area contributed by atoms with Gasteiger partial charge in [0, 0.05) is 17.8 Å². The molecule has 0 aliphatic heterocycles. The standard InChI is InChI=1S/C18H17FN2O4/c19-14-8-6-13(7-9-14)16(22)12-25-17(23)10-11-20-18(24)21-15-4-2-1-3-5-15/h1-9H,10-12H2,(H2,20,21,24). The molecule has 2 aromatic carbocycles. The lowest BCUT2D eigenvalue weighted by atomic mass is 10.1. The average Bonchev–Trinajstić information content (AvgIpc) is 2.61. The van der Waals surface area contributed by atoms with Crippen molar-refractivity contribution in [1.82, 2.24) is 5.32 Å². The van der Waals surface area contributed by atoms with E-state index in [4.69, 9.17) is 4.74 Å². The van der Waals surface area contributed by atoms with Gasteiger partial charge in [0.25, 0.3) is 0 Å². The molecule has 130 valence electrons. The highest BCUT2D eigenvalue weighted by Gasteiger charge is 2.10. The molecule has 2 rings (SSSR count). The lowest BCUT2D eigenvalue weighted by molar-refractivity contribution is -0.142. The van der Waals surface area contributed by atoms with Crippen LogP contribution in [0.15, 0.2) is 54.6 Å². The van der Waals surface area contributed by atoms with E-state index in [-0.39, 0.29) is 18.5 Å². The third-order valence-corrected chi connectivity index (χ3v) is 3.18. The number of carbonyl (C=O) groups is 3. The molecule has 0 unspecified atom stereocenters. The largest absolute Gasteiger partial charge is 0.457 e. The SMILES string of the molecule is O=C(NCCC(=O)OCC(=O)c1ccc(F)cc1)Nc1ccccc1. The predicted molar refractivity (Wildman–Crippen MR) is 89.8 cm³/mol. The number of nitrogens with one attached hydrogen (secondary N) is 2. The Bertz CT molecular complexity index is 733. The van der Waals surface area contributed by atoms with E-state index in [9.17, 15) is 18.8 Å². The molecule has 0 bridgehead atoms. The summed E-state index contributed by atoms with van der Waals surface area (Å²) in [5, 5.41) is 5.12. The van der Waals surface area contributed by atoms with Gasteiger partial charge in [-0.15, -0.1) is 0 Å². The van der Waals surface area contributed by atoms with Gasteiger partial charge in [-0.3, -0.25) is 9.59 Å². The number of Topliss-reactive ketones (excluding diaryl/α,β-unsaturated/α-hetero) is 1. The van der Waals surface area contributed by atoms with Crippen LogP contribution in [0.5, 0.6) is 0 Å². The fraction of sp³-hybridized carbons (Fsp3) is 0.167. The van der Waals surface area contributed by atoms with Gasteiger partial charge in [-0.2, -0.15) is 0 Å². The van der Waals surface area contributed by atoms with Crippen LogP contribution in [0.2, 0.25) is 0 Å². The summed E-state index contributed by atoms with van der Waals surface area (Å²) in [5.41, 5.74) is 0.891. The Hall–Kier alpha value is -3.22. The number of hydrogen-bond donors (Lipinski definition) is 2. The first-order chi connectivity index (χ1) is 12.0. The van der Waals surface area contributed by atoms with E-state index in [0.717, 1.165) is 12.1 Å². The Morgan fingerprint density at radius 3 is 2.32 bits per heavy atom. The van der Waals surface area contributed by atoms with Crippen LogP contribution >= 0.6 is 0 Å². The number of hydrogen-bond acceptors (Lipinski definition) is 4. The topological polar surface area (TPSA) is 84.5 Å². The van der Waals surface area contributed by atoms with Gasteiger partial charge < -0.3 is 15.4 Å². The fourth-order valence-corrected chi connectivity index (χ4v) is 1.91. The number of esters is 1. The van der Waals surface area contributed by atoms with Crippen molar-refractivity contribution in [3.63, 3.8) is 0 Å². The molecule has 0 saturated heterocycles. The van der Waals surface area contributed by atoms with E-state index in [0.29, 0.717) is 5.69 Å². The molecule has 0 heterocycles. The van der Waals surface area contributed by atoms with Crippen LogP contribution in [0.4, 0.5) is 14.9 Å². The Balaban J connectivity index is 1.64. The second-order valence-corrected chi connectivity index (χ2v) is 5.09. The molecule has 0 spiro atoms. The van der Waals surface area contributed by atoms with E-state index in [1.54, 1.807) is 24.3 Å². The molecule has 25 heavy (non-hydrogen) atoms. The van der Waals surface area contributed by atoms with Gasteiger partial charge >= 0.3 is 12.0 Å². The maximum absolute atomic E-state index is 12.8. The van der Waals surface area contributed by atoms with E-state index >= 15 is 0 Å². The van der Waals surface area contributed by atoms with Crippen LogP contribution in [0.3, 0.4) is 0 Å². The highest BCUT2D eigenvalue weighted by Crippen LogP contribution is 2.05. The molecule has 0 saturated carbocycles. The lowest BCUT2D eigenvalue weighted by Crippen LogP contribution is -2.31. The van der Waals surface area contributed by atoms with Crippen LogP contribution in [0.25, 0.3) is 0 Å². The molecule has 2 aromatic rings. The minimum Gasteiger partial charge on any atom is -0.457 e. The zero-order chi connectivity index (χ0) is 18.1. The van der Waals surface area contributed by atoms with Crippen LogP contribution in [-0.2, 0) is 9.53 Å². The first-order valence-electron chi connectivity index (χ1n) is 7.59. The van der Waals surface area contributed by atoms with Crippen molar-refractivity contribution >= 4 is 23.5 Å². The molecule has 6 nitrogen and oxygen atoms in total. The van der Waals surface area contributed by atoms with Gasteiger partial charge in [0.1, 0.15) is 5.82 Å². The maximum Gasteiger partial charge on any atom is 0.319 e. The van der Waals surface area contributed by atoms with Crippen LogP contribution in [0, 0.1) is 5.82 Å². The van der Waals surface area contributed by atoms with Crippen LogP contribution < -0.4 is 10.6 Å². The summed E-state index contributed by atoms with van der Waals surface area (Å²) >= 11 is 0. The fourth-order valence-electron chi connectivity index (χ4n) is 1.91. The highest BCUT2D eigenvalue weighted by atomic mass is 19.1. The van der Waals surface area contributed by atoms with Crippen molar-refractivity contribution in [3.05, 3.63) is 66.0 Å². The maximum atomic E-state index is 12.8. The summed E-state index contributed by atoms with van der Waals surface area (Å²) in [4.78, 5) is 34.9. The number of benzene rings is 2. The zero-order valence-electron chi connectivity index (χ0n) is 13.3. The van der Waals surface area contributed by atoms with Crippen molar-refractivity contribution in [3.8, 4) is 0 Å². The summed E-state index contributed by atoms with van der Waals surface area (Å²) in [6, 6.07) is 13.4. The Labute approximate surface area is 144 Å². The number of anilines is 1. The van der Waals surface area contributed by atoms with Gasteiger partial charge in [0.15, 0.2) is 12.4 Å². The van der Waals surface area contributed by atoms with Gasteiger partial charge in [-0.05, 0) is 36.4 Å². The van der Waals surface area contributed by atoms with Gasteiger partial charge in [0.2, 0.25) is 0 Å². The molecule has 0 radical (unpaired) electrons. The molecular weight excluding hydrogens is 327 g/mol. The molecule has 0 aliphatic carbocycles. The molecule has 0 fully saturated rings. The number of carbonyl (C=O) groups excluding carboxylic acids is 3. The third kappa shape index (κ3) is 6.42. The van der Waals surface area contributed by atoms with Crippen molar-refractivity contribution in [2.24, 2.45) is 0 Å². The zero-order valence-corrected chi connectivity index (χ0v) is 13.3. The van der Waals surface area contributed by atoms with Crippen LogP contribution in [-0.4, -0.2) is 30.9 Å². The van der Waals surface area contributed by atoms with E-state index in [1.165, 1.54) is 12.1 Å². The minimum absolute atomic E-state index is 0.0705. The normalized spacial score (nSPS) is 9.96. The third-order valence-electron chi connectivity index (χ3n) is 3.18. The number of urea groups is 1. The second kappa shape index (κ2) is 9.17. The number of ketones is 1. The molecule has 7 heteroatoms. The lowest BCUT2D eigenvalue weighted by Gasteiger charge is -2.07. The van der Waals surface area contributed by atoms with E-state index in [1.807, 2.05) is 6.07 Å². The Morgan fingerprint density at radius 2 is 1.64 bits per heavy atom. The minimum atomic E-state index is -0.615. The monoisotopic (exact) mass is 344 g/mol. The van der Waals surface area contributed by atoms with Crippen LogP contribution in [0.1, 0.15) is 16.8 Å².